The highest BCUT2D eigenvalue weighted by Crippen LogP contribution is 2.18. The Morgan fingerprint density at radius 3 is 2.27 bits per heavy atom. The first-order valence-corrected chi connectivity index (χ1v) is 8.49. The van der Waals surface area contributed by atoms with Crippen molar-refractivity contribution in [3.8, 4) is 0 Å². The van der Waals surface area contributed by atoms with E-state index < -0.39 is 0 Å². The smallest absolute Gasteiger partial charge is 0.252 e. The van der Waals surface area contributed by atoms with Crippen LogP contribution in [-0.2, 0) is 6.54 Å². The predicted molar refractivity (Wildman–Crippen MR) is 89.7 cm³/mol. The third-order valence-electron chi connectivity index (χ3n) is 3.16. The zero-order valence-electron chi connectivity index (χ0n) is 11.6. The van der Waals surface area contributed by atoms with Gasteiger partial charge in [-0.15, -0.1) is 22.7 Å². The molecule has 0 fully saturated rings. The molecule has 0 aliphatic heterocycles. The molecule has 0 saturated heterocycles. The summed E-state index contributed by atoms with van der Waals surface area (Å²) in [5.74, 6) is -0.342. The second-order valence-electron chi connectivity index (χ2n) is 4.61. The summed E-state index contributed by atoms with van der Waals surface area (Å²) in [5.41, 5.74) is 0.853. The first-order valence-electron chi connectivity index (χ1n) is 6.73. The van der Waals surface area contributed by atoms with Crippen molar-refractivity contribution in [2.45, 2.75) is 6.54 Å². The molecular weight excluding hydrogens is 314 g/mol. The maximum Gasteiger partial charge on any atom is 0.252 e. The molecule has 22 heavy (non-hydrogen) atoms. The second-order valence-corrected chi connectivity index (χ2v) is 6.59. The molecule has 1 N–H and O–H groups in total. The van der Waals surface area contributed by atoms with Crippen LogP contribution >= 0.6 is 22.7 Å². The lowest BCUT2D eigenvalue weighted by molar-refractivity contribution is 0.0940. The van der Waals surface area contributed by atoms with E-state index in [1.54, 1.807) is 41.7 Å². The van der Waals surface area contributed by atoms with Crippen LogP contribution in [0.5, 0.6) is 0 Å². The molecule has 3 rings (SSSR count). The first-order chi connectivity index (χ1) is 10.8. The van der Waals surface area contributed by atoms with Gasteiger partial charge in [0.1, 0.15) is 0 Å². The normalized spacial score (nSPS) is 10.4. The van der Waals surface area contributed by atoms with Gasteiger partial charge in [0.2, 0.25) is 5.78 Å². The molecule has 2 heterocycles. The minimum atomic E-state index is -0.228. The summed E-state index contributed by atoms with van der Waals surface area (Å²) in [4.78, 5) is 26.6. The molecule has 0 radical (unpaired) electrons. The number of amides is 1. The average Bonchev–Trinajstić information content (AvgIpc) is 3.25. The topological polar surface area (TPSA) is 46.2 Å². The number of carbonyl (C=O) groups is 2. The Balaban J connectivity index is 1.81. The number of rotatable bonds is 5. The van der Waals surface area contributed by atoms with Crippen LogP contribution in [-0.4, -0.2) is 11.7 Å². The van der Waals surface area contributed by atoms with Crippen molar-refractivity contribution in [2.75, 3.05) is 0 Å². The monoisotopic (exact) mass is 327 g/mol. The number of thiophene rings is 2. The van der Waals surface area contributed by atoms with Gasteiger partial charge in [-0.25, -0.2) is 0 Å². The fourth-order valence-electron chi connectivity index (χ4n) is 2.10. The van der Waals surface area contributed by atoms with E-state index in [4.69, 9.17) is 0 Å². The van der Waals surface area contributed by atoms with Gasteiger partial charge in [0.15, 0.2) is 0 Å². The van der Waals surface area contributed by atoms with E-state index in [1.165, 1.54) is 11.3 Å². The Morgan fingerprint density at radius 1 is 0.864 bits per heavy atom. The van der Waals surface area contributed by atoms with Crippen LogP contribution in [0.15, 0.2) is 59.3 Å². The molecule has 1 amide bonds. The Morgan fingerprint density at radius 2 is 1.59 bits per heavy atom. The van der Waals surface area contributed by atoms with E-state index in [0.717, 1.165) is 4.88 Å². The number of benzene rings is 1. The van der Waals surface area contributed by atoms with Gasteiger partial charge in [0, 0.05) is 10.4 Å². The van der Waals surface area contributed by atoms with Gasteiger partial charge in [-0.3, -0.25) is 9.59 Å². The fourth-order valence-corrected chi connectivity index (χ4v) is 3.42. The lowest BCUT2D eigenvalue weighted by atomic mass is 10.0. The molecule has 0 aliphatic rings. The molecule has 110 valence electrons. The van der Waals surface area contributed by atoms with Crippen molar-refractivity contribution in [1.82, 2.24) is 5.32 Å². The summed E-state index contributed by atoms with van der Waals surface area (Å²) in [6.45, 7) is 0.470. The minimum absolute atomic E-state index is 0.114. The van der Waals surface area contributed by atoms with Crippen LogP contribution in [0.2, 0.25) is 0 Å². The van der Waals surface area contributed by atoms with E-state index >= 15 is 0 Å². The molecular formula is C17H13NO2S2. The SMILES string of the molecule is O=C(NCc1cccs1)c1ccccc1C(=O)c1cccs1. The van der Waals surface area contributed by atoms with Gasteiger partial charge < -0.3 is 5.32 Å². The summed E-state index contributed by atoms with van der Waals surface area (Å²) in [6, 6.07) is 14.4. The van der Waals surface area contributed by atoms with Crippen LogP contribution in [0, 0.1) is 0 Å². The zero-order valence-corrected chi connectivity index (χ0v) is 13.2. The predicted octanol–water partition coefficient (Wildman–Crippen LogP) is 3.97. The number of hydrogen-bond donors (Lipinski definition) is 1. The largest absolute Gasteiger partial charge is 0.347 e. The number of hydrogen-bond acceptors (Lipinski definition) is 4. The van der Waals surface area contributed by atoms with Crippen molar-refractivity contribution in [3.63, 3.8) is 0 Å². The molecule has 0 atom stereocenters. The van der Waals surface area contributed by atoms with Gasteiger partial charge in [0.05, 0.1) is 17.0 Å². The lowest BCUT2D eigenvalue weighted by Crippen LogP contribution is -2.24. The highest BCUT2D eigenvalue weighted by Gasteiger charge is 2.18. The van der Waals surface area contributed by atoms with Crippen LogP contribution < -0.4 is 5.32 Å². The van der Waals surface area contributed by atoms with E-state index in [9.17, 15) is 9.59 Å². The molecule has 0 unspecified atom stereocenters. The Kier molecular flexibility index (Phi) is 4.46. The fraction of sp³-hybridized carbons (Fsp3) is 0.0588. The quantitative estimate of drug-likeness (QED) is 0.721. The summed E-state index contributed by atoms with van der Waals surface area (Å²) >= 11 is 2.97. The Labute approximate surface area is 136 Å². The second kappa shape index (κ2) is 6.68. The third kappa shape index (κ3) is 3.16. The molecule has 0 aliphatic carbocycles. The van der Waals surface area contributed by atoms with Crippen LogP contribution in [0.3, 0.4) is 0 Å². The molecule has 0 spiro atoms. The number of carbonyl (C=O) groups excluding carboxylic acids is 2. The van der Waals surface area contributed by atoms with Gasteiger partial charge in [-0.1, -0.05) is 30.3 Å². The van der Waals surface area contributed by atoms with Crippen molar-refractivity contribution in [2.24, 2.45) is 0 Å². The molecule has 3 nitrogen and oxygen atoms in total. The van der Waals surface area contributed by atoms with E-state index in [0.29, 0.717) is 22.5 Å². The average molecular weight is 327 g/mol. The van der Waals surface area contributed by atoms with Gasteiger partial charge in [-0.2, -0.15) is 0 Å². The Bertz CT molecular complexity index is 777. The van der Waals surface area contributed by atoms with Gasteiger partial charge >= 0.3 is 0 Å². The molecule has 2 aromatic heterocycles. The zero-order chi connectivity index (χ0) is 15.4. The van der Waals surface area contributed by atoms with Crippen molar-refractivity contribution in [1.29, 1.82) is 0 Å². The molecule has 1 aromatic carbocycles. The standard InChI is InChI=1S/C17H13NO2S2/c19-16(15-8-4-10-22-15)13-6-1-2-7-14(13)17(20)18-11-12-5-3-9-21-12/h1-10H,11H2,(H,18,20). The van der Waals surface area contributed by atoms with Crippen molar-refractivity contribution in [3.05, 3.63) is 80.2 Å². The maximum atomic E-state index is 12.5. The molecule has 0 saturated carbocycles. The van der Waals surface area contributed by atoms with Crippen LogP contribution in [0.1, 0.15) is 30.5 Å². The number of ketones is 1. The summed E-state index contributed by atoms with van der Waals surface area (Å²) < 4.78 is 0. The van der Waals surface area contributed by atoms with Crippen molar-refractivity contribution >= 4 is 34.4 Å². The van der Waals surface area contributed by atoms with Gasteiger partial charge in [-0.05, 0) is 29.0 Å². The third-order valence-corrected chi connectivity index (χ3v) is 4.91. The van der Waals surface area contributed by atoms with Crippen LogP contribution in [0.4, 0.5) is 0 Å². The number of nitrogens with one attached hydrogen (secondary N) is 1. The summed E-state index contributed by atoms with van der Waals surface area (Å²) in [7, 11) is 0. The van der Waals surface area contributed by atoms with E-state index in [2.05, 4.69) is 5.32 Å². The molecule has 0 bridgehead atoms. The summed E-state index contributed by atoms with van der Waals surface area (Å²) in [6.07, 6.45) is 0. The first kappa shape index (κ1) is 14.7. The lowest BCUT2D eigenvalue weighted by Gasteiger charge is -2.08. The highest BCUT2D eigenvalue weighted by molar-refractivity contribution is 7.12. The molecule has 3 aromatic rings. The van der Waals surface area contributed by atoms with E-state index in [-0.39, 0.29) is 11.7 Å². The minimum Gasteiger partial charge on any atom is -0.347 e. The highest BCUT2D eigenvalue weighted by atomic mass is 32.1. The molecule has 5 heteroatoms. The summed E-state index contributed by atoms with van der Waals surface area (Å²) in [5, 5.41) is 6.69. The van der Waals surface area contributed by atoms with E-state index in [1.807, 2.05) is 29.0 Å². The van der Waals surface area contributed by atoms with Crippen LogP contribution in [0.25, 0.3) is 0 Å². The maximum absolute atomic E-state index is 12.5. The van der Waals surface area contributed by atoms with Gasteiger partial charge in [0.25, 0.3) is 5.91 Å². The Hall–Kier alpha value is -2.24. The van der Waals surface area contributed by atoms with Crippen molar-refractivity contribution < 1.29 is 9.59 Å².